The first-order chi connectivity index (χ1) is 5.11. The van der Waals surface area contributed by atoms with Crippen molar-refractivity contribution in [3.8, 4) is 0 Å². The minimum Gasteiger partial charge on any atom is -0.462 e. The standard InChI is InChI=1S/C9H16O2/c1-6(2)8-5-4-7(3)9(10)11-8/h6-8H,4-5H2,1-3H3/t7?,8-/m0/s1. The number of hydrogen-bond acceptors (Lipinski definition) is 2. The van der Waals surface area contributed by atoms with Gasteiger partial charge in [0.25, 0.3) is 0 Å². The topological polar surface area (TPSA) is 26.3 Å². The third kappa shape index (κ3) is 1.95. The molecule has 64 valence electrons. The molecular weight excluding hydrogens is 140 g/mol. The highest BCUT2D eigenvalue weighted by Crippen LogP contribution is 2.23. The zero-order chi connectivity index (χ0) is 8.43. The van der Waals surface area contributed by atoms with E-state index in [1.54, 1.807) is 0 Å². The Labute approximate surface area is 67.9 Å². The van der Waals surface area contributed by atoms with Crippen molar-refractivity contribution < 1.29 is 9.53 Å². The molecule has 0 bridgehead atoms. The van der Waals surface area contributed by atoms with Gasteiger partial charge >= 0.3 is 5.97 Å². The van der Waals surface area contributed by atoms with E-state index in [1.165, 1.54) is 0 Å². The van der Waals surface area contributed by atoms with Crippen molar-refractivity contribution in [3.63, 3.8) is 0 Å². The van der Waals surface area contributed by atoms with E-state index in [4.69, 9.17) is 4.74 Å². The van der Waals surface area contributed by atoms with E-state index in [2.05, 4.69) is 13.8 Å². The third-order valence-electron chi connectivity index (χ3n) is 2.30. The average Bonchev–Trinajstić information content (AvgIpc) is 1.94. The van der Waals surface area contributed by atoms with Gasteiger partial charge in [-0.2, -0.15) is 0 Å². The first-order valence-electron chi connectivity index (χ1n) is 4.31. The van der Waals surface area contributed by atoms with Crippen LogP contribution >= 0.6 is 0 Å². The lowest BCUT2D eigenvalue weighted by molar-refractivity contribution is -0.162. The maximum Gasteiger partial charge on any atom is 0.308 e. The van der Waals surface area contributed by atoms with Crippen molar-refractivity contribution >= 4 is 5.97 Å². The number of cyclic esters (lactones) is 1. The summed E-state index contributed by atoms with van der Waals surface area (Å²) in [5.41, 5.74) is 0. The van der Waals surface area contributed by atoms with Crippen LogP contribution in [0.3, 0.4) is 0 Å². The fourth-order valence-corrected chi connectivity index (χ4v) is 1.33. The summed E-state index contributed by atoms with van der Waals surface area (Å²) in [5.74, 6) is 0.561. The van der Waals surface area contributed by atoms with E-state index in [0.29, 0.717) is 5.92 Å². The molecule has 0 N–H and O–H groups in total. The second-order valence-electron chi connectivity index (χ2n) is 3.70. The lowest BCUT2D eigenvalue weighted by Gasteiger charge is -2.28. The maximum absolute atomic E-state index is 11.1. The second kappa shape index (κ2) is 3.24. The van der Waals surface area contributed by atoms with Crippen LogP contribution in [0.2, 0.25) is 0 Å². The Kier molecular flexibility index (Phi) is 2.53. The Hall–Kier alpha value is -0.530. The van der Waals surface area contributed by atoms with Gasteiger partial charge in [-0.05, 0) is 18.8 Å². The molecule has 1 unspecified atom stereocenters. The molecule has 2 heteroatoms. The van der Waals surface area contributed by atoms with Crippen LogP contribution in [0.4, 0.5) is 0 Å². The highest BCUT2D eigenvalue weighted by molar-refractivity contribution is 5.72. The van der Waals surface area contributed by atoms with Gasteiger partial charge in [0.05, 0.1) is 5.92 Å². The Bertz CT molecular complexity index is 152. The zero-order valence-corrected chi connectivity index (χ0v) is 7.46. The van der Waals surface area contributed by atoms with Gasteiger partial charge in [-0.15, -0.1) is 0 Å². The van der Waals surface area contributed by atoms with Gasteiger partial charge in [0, 0.05) is 0 Å². The lowest BCUT2D eigenvalue weighted by atomic mass is 9.94. The molecule has 0 amide bonds. The molecule has 11 heavy (non-hydrogen) atoms. The molecule has 0 aromatic rings. The molecule has 0 saturated carbocycles. The summed E-state index contributed by atoms with van der Waals surface area (Å²) in [4.78, 5) is 11.1. The first-order valence-corrected chi connectivity index (χ1v) is 4.31. The number of rotatable bonds is 1. The SMILES string of the molecule is CC1CC[C@@H](C(C)C)OC1=O. The minimum absolute atomic E-state index is 0.0186. The van der Waals surface area contributed by atoms with Crippen molar-refractivity contribution in [2.24, 2.45) is 11.8 Å². The van der Waals surface area contributed by atoms with E-state index < -0.39 is 0 Å². The van der Waals surface area contributed by atoms with E-state index in [-0.39, 0.29) is 18.0 Å². The summed E-state index contributed by atoms with van der Waals surface area (Å²) in [6.45, 7) is 6.11. The number of ether oxygens (including phenoxy) is 1. The molecule has 0 spiro atoms. The van der Waals surface area contributed by atoms with Crippen molar-refractivity contribution in [1.29, 1.82) is 0 Å². The largest absolute Gasteiger partial charge is 0.462 e. The molecule has 1 fully saturated rings. The van der Waals surface area contributed by atoms with Gasteiger partial charge in [0.1, 0.15) is 6.10 Å². The minimum atomic E-state index is -0.0186. The summed E-state index contributed by atoms with van der Waals surface area (Å²) >= 11 is 0. The van der Waals surface area contributed by atoms with E-state index in [1.807, 2.05) is 6.92 Å². The van der Waals surface area contributed by atoms with Crippen molar-refractivity contribution in [1.82, 2.24) is 0 Å². The van der Waals surface area contributed by atoms with Crippen LogP contribution in [-0.4, -0.2) is 12.1 Å². The smallest absolute Gasteiger partial charge is 0.308 e. The monoisotopic (exact) mass is 156 g/mol. The van der Waals surface area contributed by atoms with E-state index >= 15 is 0 Å². The Morgan fingerprint density at radius 3 is 2.55 bits per heavy atom. The quantitative estimate of drug-likeness (QED) is 0.543. The number of esters is 1. The molecule has 1 rings (SSSR count). The lowest BCUT2D eigenvalue weighted by Crippen LogP contribution is -2.32. The molecule has 1 aliphatic heterocycles. The molecule has 0 radical (unpaired) electrons. The molecule has 2 atom stereocenters. The molecule has 2 nitrogen and oxygen atoms in total. The van der Waals surface area contributed by atoms with Crippen LogP contribution in [0.25, 0.3) is 0 Å². The molecular formula is C9H16O2. The molecule has 1 saturated heterocycles. The highest BCUT2D eigenvalue weighted by atomic mass is 16.5. The van der Waals surface area contributed by atoms with Crippen molar-refractivity contribution in [3.05, 3.63) is 0 Å². The van der Waals surface area contributed by atoms with Gasteiger partial charge in [-0.1, -0.05) is 20.8 Å². The normalized spacial score (nSPS) is 32.2. The van der Waals surface area contributed by atoms with Crippen LogP contribution in [0.5, 0.6) is 0 Å². The maximum atomic E-state index is 11.1. The fourth-order valence-electron chi connectivity index (χ4n) is 1.33. The molecule has 0 aromatic heterocycles. The first kappa shape index (κ1) is 8.57. The molecule has 1 heterocycles. The van der Waals surface area contributed by atoms with Crippen LogP contribution < -0.4 is 0 Å². The van der Waals surface area contributed by atoms with Crippen LogP contribution in [-0.2, 0) is 9.53 Å². The molecule has 1 aliphatic rings. The highest BCUT2D eigenvalue weighted by Gasteiger charge is 2.28. The number of carbonyl (C=O) groups is 1. The van der Waals surface area contributed by atoms with Gasteiger partial charge in [0.2, 0.25) is 0 Å². The summed E-state index contributed by atoms with van der Waals surface area (Å²) in [6, 6.07) is 0. The second-order valence-corrected chi connectivity index (χ2v) is 3.70. The molecule has 0 aliphatic carbocycles. The van der Waals surface area contributed by atoms with Gasteiger partial charge in [-0.3, -0.25) is 4.79 Å². The Morgan fingerprint density at radius 2 is 2.09 bits per heavy atom. The fraction of sp³-hybridized carbons (Fsp3) is 0.889. The zero-order valence-electron chi connectivity index (χ0n) is 7.46. The van der Waals surface area contributed by atoms with E-state index in [9.17, 15) is 4.79 Å². The van der Waals surface area contributed by atoms with Crippen LogP contribution in [0, 0.1) is 11.8 Å². The summed E-state index contributed by atoms with van der Waals surface area (Å²) in [7, 11) is 0. The summed E-state index contributed by atoms with van der Waals surface area (Å²) < 4.78 is 5.22. The predicted molar refractivity (Wildman–Crippen MR) is 43.1 cm³/mol. The van der Waals surface area contributed by atoms with Crippen LogP contribution in [0.15, 0.2) is 0 Å². The summed E-state index contributed by atoms with van der Waals surface area (Å²) in [6.07, 6.45) is 2.19. The Balaban J connectivity index is 2.46. The Morgan fingerprint density at radius 1 is 1.45 bits per heavy atom. The third-order valence-corrected chi connectivity index (χ3v) is 2.30. The van der Waals surface area contributed by atoms with Gasteiger partial charge in [-0.25, -0.2) is 0 Å². The van der Waals surface area contributed by atoms with Crippen molar-refractivity contribution in [2.45, 2.75) is 39.7 Å². The van der Waals surface area contributed by atoms with E-state index in [0.717, 1.165) is 12.8 Å². The van der Waals surface area contributed by atoms with Gasteiger partial charge < -0.3 is 4.74 Å². The predicted octanol–water partition coefficient (Wildman–Crippen LogP) is 1.98. The van der Waals surface area contributed by atoms with Gasteiger partial charge in [0.15, 0.2) is 0 Å². The number of carbonyl (C=O) groups excluding carboxylic acids is 1. The number of hydrogen-bond donors (Lipinski definition) is 0. The summed E-state index contributed by atoms with van der Waals surface area (Å²) in [5, 5.41) is 0. The molecule has 0 aromatic carbocycles. The van der Waals surface area contributed by atoms with Crippen LogP contribution in [0.1, 0.15) is 33.6 Å². The van der Waals surface area contributed by atoms with Crippen molar-refractivity contribution in [2.75, 3.05) is 0 Å². The average molecular weight is 156 g/mol.